The fourth-order valence-electron chi connectivity index (χ4n) is 4.16. The number of carboxylic acid groups (broad SMARTS) is 4. The van der Waals surface area contributed by atoms with Crippen LogP contribution in [0.1, 0.15) is 22.3 Å². The molecule has 0 aromatic heterocycles. The van der Waals surface area contributed by atoms with Gasteiger partial charge in [0.2, 0.25) is 20.2 Å². The van der Waals surface area contributed by atoms with E-state index in [0.717, 1.165) is 0 Å². The van der Waals surface area contributed by atoms with Crippen molar-refractivity contribution in [2.45, 2.75) is 20.2 Å². The summed E-state index contributed by atoms with van der Waals surface area (Å²) < 4.78 is 0. The van der Waals surface area contributed by atoms with Crippen molar-refractivity contribution in [3.05, 3.63) is 115 Å². The molecule has 4 unspecified atom stereocenters. The quantitative estimate of drug-likeness (QED) is 0.0518. The Balaban J connectivity index is 0.000000783. The van der Waals surface area contributed by atoms with Crippen LogP contribution in [0.5, 0.6) is 0 Å². The third-order valence-corrected chi connectivity index (χ3v) is 10.4. The fourth-order valence-corrected chi connectivity index (χ4v) is 5.51. The van der Waals surface area contributed by atoms with Crippen LogP contribution in [0.25, 0.3) is 0 Å². The number of para-hydroxylation sites is 4. The Labute approximate surface area is 398 Å². The van der Waals surface area contributed by atoms with Gasteiger partial charge in [0.25, 0.3) is 0 Å². The average molecular weight is 1200 g/mol. The SMILES string of the molecule is NOC(Cl)(C(=O)[O-])c1cccc(Cl)c1N.NOC(Cl)(C(=O)[O-])c1cccc(Cl)c1N.NOC(Cl)(C(=O)[O-])c1cccc(Cl)c1N.NOC(Cl)(C(=O)[O-])c1cccc(Cl)c1N.[Pt+4]. The first-order valence-electron chi connectivity index (χ1n) is 15.0. The average Bonchev–Trinajstić information content (AvgIpc) is 3.21. The third-order valence-electron chi connectivity index (χ3n) is 7.30. The van der Waals surface area contributed by atoms with Crippen molar-refractivity contribution in [3.63, 3.8) is 0 Å². The normalized spacial score (nSPS) is 14.4. The van der Waals surface area contributed by atoms with Gasteiger partial charge in [0.1, 0.15) is 0 Å². The summed E-state index contributed by atoms with van der Waals surface area (Å²) in [5.41, 5.74) is 21.8. The smallest absolute Gasteiger partial charge is 0.545 e. The van der Waals surface area contributed by atoms with Gasteiger partial charge in [-0.2, -0.15) is 0 Å². The maximum atomic E-state index is 10.8. The van der Waals surface area contributed by atoms with Gasteiger partial charge >= 0.3 is 21.1 Å². The van der Waals surface area contributed by atoms with Crippen LogP contribution in [0.15, 0.2) is 72.8 Å². The van der Waals surface area contributed by atoms with Crippen molar-refractivity contribution in [3.8, 4) is 0 Å². The predicted octanol–water partition coefficient (Wildman–Crippen LogP) is -0.186. The summed E-state index contributed by atoms with van der Waals surface area (Å²) in [4.78, 5) is 59.8. The number of carbonyl (C=O) groups excluding carboxylic acids is 4. The van der Waals surface area contributed by atoms with E-state index < -0.39 is 44.1 Å². The third kappa shape index (κ3) is 13.3. The second-order valence-corrected chi connectivity index (χ2v) is 14.6. The molecule has 4 aromatic carbocycles. The number of anilines is 4. The molecule has 0 fully saturated rings. The summed E-state index contributed by atoms with van der Waals surface area (Å²) in [7, 11) is 0. The van der Waals surface area contributed by atoms with Gasteiger partial charge in [-0.3, -0.25) is 19.4 Å². The molecule has 0 saturated heterocycles. The summed E-state index contributed by atoms with van der Waals surface area (Å²) in [6.45, 7) is 0. The van der Waals surface area contributed by atoms with Gasteiger partial charge in [0.05, 0.1) is 66.7 Å². The van der Waals surface area contributed by atoms with Crippen molar-refractivity contribution in [2.75, 3.05) is 22.9 Å². The minimum absolute atomic E-state index is 0. The molecule has 0 radical (unpaired) electrons. The first kappa shape index (κ1) is 57.6. The number of nitrogen functional groups attached to an aromatic ring is 4. The molecule has 334 valence electrons. The van der Waals surface area contributed by atoms with Crippen LogP contribution < -0.4 is 66.9 Å². The maximum Gasteiger partial charge on any atom is 4.00 e. The Morgan fingerprint density at radius 2 is 0.541 bits per heavy atom. The summed E-state index contributed by atoms with van der Waals surface area (Å²) >= 11 is 45.2. The number of aliphatic carboxylic acids is 4. The van der Waals surface area contributed by atoms with E-state index in [-0.39, 0.29) is 86.2 Å². The van der Waals surface area contributed by atoms with Crippen LogP contribution in [-0.2, 0) is 79.8 Å². The van der Waals surface area contributed by atoms with Crippen molar-refractivity contribution in [1.29, 1.82) is 0 Å². The van der Waals surface area contributed by atoms with E-state index in [9.17, 15) is 39.6 Å². The van der Waals surface area contributed by atoms with Crippen molar-refractivity contribution < 1.29 is 80.0 Å². The molecule has 0 bridgehead atoms. The number of benzene rings is 4. The molecular weight excluding hydrogens is 1170 g/mol. The number of hydrogen-bond acceptors (Lipinski definition) is 20. The Kier molecular flexibility index (Phi) is 23.1. The molecular formula is C32H28Cl8N8O12Pt. The van der Waals surface area contributed by atoms with Gasteiger partial charge in [-0.15, -0.1) is 0 Å². The van der Waals surface area contributed by atoms with E-state index in [1.807, 2.05) is 0 Å². The summed E-state index contributed by atoms with van der Waals surface area (Å²) in [5, 5.41) is 34.3. The van der Waals surface area contributed by atoms with Crippen LogP contribution in [0, 0.1) is 0 Å². The minimum Gasteiger partial charge on any atom is -0.545 e. The van der Waals surface area contributed by atoms with E-state index in [2.05, 4.69) is 19.4 Å². The van der Waals surface area contributed by atoms with E-state index in [0.29, 0.717) is 0 Å². The molecule has 0 heterocycles. The van der Waals surface area contributed by atoms with Gasteiger partial charge in [0, 0.05) is 22.3 Å². The number of hydrogen-bond donors (Lipinski definition) is 8. The number of nitrogens with two attached hydrogens (primary N) is 8. The molecule has 0 amide bonds. The zero-order valence-corrected chi connectivity index (χ0v) is 38.1. The van der Waals surface area contributed by atoms with Crippen LogP contribution >= 0.6 is 92.8 Å². The van der Waals surface area contributed by atoms with Crippen LogP contribution in [-0.4, -0.2) is 23.9 Å². The maximum absolute atomic E-state index is 10.8. The summed E-state index contributed by atoms with van der Waals surface area (Å²) in [6, 6.07) is 17.1. The Morgan fingerprint density at radius 1 is 0.393 bits per heavy atom. The van der Waals surface area contributed by atoms with E-state index >= 15 is 0 Å². The fraction of sp³-hybridized carbons (Fsp3) is 0.125. The summed E-state index contributed by atoms with van der Waals surface area (Å²) in [6.07, 6.45) is 0. The Morgan fingerprint density at radius 3 is 0.656 bits per heavy atom. The van der Waals surface area contributed by atoms with Gasteiger partial charge in [0.15, 0.2) is 0 Å². The van der Waals surface area contributed by atoms with Gasteiger partial charge in [-0.25, -0.2) is 23.6 Å². The zero-order chi connectivity index (χ0) is 46.6. The molecule has 0 aliphatic carbocycles. The number of halogens is 8. The topological polar surface area (TPSA) is 406 Å². The van der Waals surface area contributed by atoms with Gasteiger partial charge in [-0.1, -0.05) is 141 Å². The molecule has 4 atom stereocenters. The minimum atomic E-state index is -2.34. The summed E-state index contributed by atoms with van der Waals surface area (Å²) in [5.74, 6) is 12.3. The monoisotopic (exact) mass is 1190 g/mol. The van der Waals surface area contributed by atoms with Crippen LogP contribution in [0.4, 0.5) is 22.7 Å². The number of carbonyl (C=O) groups is 4. The van der Waals surface area contributed by atoms with Crippen LogP contribution in [0.3, 0.4) is 0 Å². The standard InChI is InChI=1S/4C8H8Cl2N2O3.Pt/c4*9-5-3-1-2-4(6(5)11)8(10,15-12)7(13)14;/h4*1-3H,11-12H2,(H,13,14);/q;;;;+4/p-4. The second-order valence-electron chi connectivity index (χ2n) is 10.8. The first-order chi connectivity index (χ1) is 27.7. The molecule has 0 saturated carbocycles. The predicted molar refractivity (Wildman–Crippen MR) is 215 cm³/mol. The molecule has 16 N–H and O–H groups in total. The number of rotatable bonds is 12. The second kappa shape index (κ2) is 24.5. The van der Waals surface area contributed by atoms with Crippen LogP contribution in [0.2, 0.25) is 20.1 Å². The van der Waals surface area contributed by atoms with Crippen molar-refractivity contribution >= 4 is 139 Å². The van der Waals surface area contributed by atoms with E-state index in [1.54, 1.807) is 0 Å². The van der Waals surface area contributed by atoms with Gasteiger partial charge < -0.3 is 62.5 Å². The largest absolute Gasteiger partial charge is 4.00 e. The molecule has 20 nitrogen and oxygen atoms in total. The molecule has 0 aliphatic heterocycles. The molecule has 61 heavy (non-hydrogen) atoms. The molecule has 0 aliphatic rings. The number of carboxylic acids is 4. The zero-order valence-electron chi connectivity index (χ0n) is 29.8. The van der Waals surface area contributed by atoms with E-state index in [4.69, 9.17) is 139 Å². The molecule has 4 rings (SSSR count). The van der Waals surface area contributed by atoms with Crippen molar-refractivity contribution in [1.82, 2.24) is 0 Å². The Hall–Kier alpha value is -3.35. The number of alkyl halides is 4. The van der Waals surface area contributed by atoms with Gasteiger partial charge in [-0.05, 0) is 24.3 Å². The first-order valence-corrected chi connectivity index (χ1v) is 18.1. The molecule has 4 aromatic rings. The molecule has 0 spiro atoms. The van der Waals surface area contributed by atoms with Crippen molar-refractivity contribution in [2.24, 2.45) is 23.6 Å². The molecule has 29 heteroatoms. The Bertz CT molecular complexity index is 1910. The van der Waals surface area contributed by atoms with E-state index in [1.165, 1.54) is 72.8 Å².